The van der Waals surface area contributed by atoms with Gasteiger partial charge in [-0.15, -0.1) is 0 Å². The van der Waals surface area contributed by atoms with E-state index in [0.717, 1.165) is 17.1 Å². The molecule has 3 aromatic rings. The fraction of sp³-hybridized carbons (Fsp3) is 0.190. The molecule has 0 radical (unpaired) electrons. The third-order valence-electron chi connectivity index (χ3n) is 4.57. The molecule has 0 saturated carbocycles. The van der Waals surface area contributed by atoms with Crippen LogP contribution in [0.1, 0.15) is 27.3 Å². The van der Waals surface area contributed by atoms with Crippen LogP contribution in [0.25, 0.3) is 5.69 Å². The molecule has 1 aliphatic rings. The average Bonchev–Trinajstić information content (AvgIpc) is 3.18. The molecule has 26 heavy (non-hydrogen) atoms. The number of anilines is 1. The number of fused-ring (bicyclic) bond motifs is 1. The minimum atomic E-state index is -0.143. The first-order chi connectivity index (χ1) is 12.5. The van der Waals surface area contributed by atoms with Gasteiger partial charge in [-0.05, 0) is 56.7 Å². The third kappa shape index (κ3) is 2.81. The summed E-state index contributed by atoms with van der Waals surface area (Å²) in [6, 6.07) is 15.5. The second kappa shape index (κ2) is 6.26. The summed E-state index contributed by atoms with van der Waals surface area (Å²) in [5.41, 5.74) is 5.50. The molecule has 0 spiro atoms. The molecular weight excluding hydrogens is 328 g/mol. The molecule has 0 unspecified atom stereocenters. The molecule has 0 saturated heterocycles. The van der Waals surface area contributed by atoms with Gasteiger partial charge in [0.05, 0.1) is 5.56 Å². The highest BCUT2D eigenvalue weighted by Gasteiger charge is 2.18. The van der Waals surface area contributed by atoms with E-state index in [4.69, 9.17) is 9.47 Å². The molecule has 2 heterocycles. The summed E-state index contributed by atoms with van der Waals surface area (Å²) in [6.07, 6.45) is 0. The number of nitrogens with zero attached hydrogens (tertiary/aromatic N) is 1. The van der Waals surface area contributed by atoms with E-state index < -0.39 is 0 Å². The third-order valence-corrected chi connectivity index (χ3v) is 4.57. The van der Waals surface area contributed by atoms with Crippen molar-refractivity contribution in [2.45, 2.75) is 20.8 Å². The van der Waals surface area contributed by atoms with Crippen molar-refractivity contribution in [2.75, 3.05) is 12.1 Å². The first-order valence-electron chi connectivity index (χ1n) is 8.50. The lowest BCUT2D eigenvalue weighted by Gasteiger charge is -2.11. The Morgan fingerprint density at radius 3 is 2.62 bits per heavy atom. The van der Waals surface area contributed by atoms with Gasteiger partial charge >= 0.3 is 0 Å². The first kappa shape index (κ1) is 16.3. The smallest absolute Gasteiger partial charge is 0.257 e. The SMILES string of the molecule is Cc1cccc(-n2c(C)cc(C(=O)Nc3ccc4c(c3)OCO4)c2C)c1. The second-order valence-corrected chi connectivity index (χ2v) is 6.48. The zero-order valence-corrected chi connectivity index (χ0v) is 15.0. The molecule has 1 aliphatic heterocycles. The largest absolute Gasteiger partial charge is 0.454 e. The molecule has 1 aromatic heterocycles. The number of nitrogens with one attached hydrogen (secondary N) is 1. The zero-order chi connectivity index (χ0) is 18.3. The van der Waals surface area contributed by atoms with E-state index in [1.807, 2.05) is 38.1 Å². The van der Waals surface area contributed by atoms with Gasteiger partial charge in [-0.2, -0.15) is 0 Å². The molecule has 2 aromatic carbocycles. The number of amides is 1. The van der Waals surface area contributed by atoms with Crippen molar-refractivity contribution in [3.05, 3.63) is 71.0 Å². The normalized spacial score (nSPS) is 12.3. The van der Waals surface area contributed by atoms with Gasteiger partial charge in [-0.1, -0.05) is 12.1 Å². The number of hydrogen-bond acceptors (Lipinski definition) is 3. The molecular formula is C21H20N2O3. The number of ether oxygens (including phenoxy) is 2. The number of aromatic nitrogens is 1. The summed E-state index contributed by atoms with van der Waals surface area (Å²) in [5, 5.41) is 2.94. The predicted octanol–water partition coefficient (Wildman–Crippen LogP) is 4.38. The quantitative estimate of drug-likeness (QED) is 0.764. The number of carbonyl (C=O) groups is 1. The molecule has 0 bridgehead atoms. The topological polar surface area (TPSA) is 52.5 Å². The van der Waals surface area contributed by atoms with Crippen molar-refractivity contribution in [3.63, 3.8) is 0 Å². The van der Waals surface area contributed by atoms with E-state index in [-0.39, 0.29) is 12.7 Å². The summed E-state index contributed by atoms with van der Waals surface area (Å²) in [6.45, 7) is 6.24. The van der Waals surface area contributed by atoms with Crippen LogP contribution in [-0.4, -0.2) is 17.3 Å². The highest BCUT2D eigenvalue weighted by Crippen LogP contribution is 2.34. The molecule has 1 amide bonds. The minimum Gasteiger partial charge on any atom is -0.454 e. The lowest BCUT2D eigenvalue weighted by molar-refractivity contribution is 0.102. The minimum absolute atomic E-state index is 0.143. The monoisotopic (exact) mass is 348 g/mol. The van der Waals surface area contributed by atoms with Crippen LogP contribution >= 0.6 is 0 Å². The van der Waals surface area contributed by atoms with Gasteiger partial charge in [-0.3, -0.25) is 4.79 Å². The van der Waals surface area contributed by atoms with Crippen molar-refractivity contribution in [1.29, 1.82) is 0 Å². The van der Waals surface area contributed by atoms with E-state index in [1.165, 1.54) is 5.56 Å². The van der Waals surface area contributed by atoms with Crippen molar-refractivity contribution in [3.8, 4) is 17.2 Å². The molecule has 4 rings (SSSR count). The Balaban J connectivity index is 1.64. The van der Waals surface area contributed by atoms with E-state index >= 15 is 0 Å². The van der Waals surface area contributed by atoms with E-state index in [1.54, 1.807) is 12.1 Å². The fourth-order valence-corrected chi connectivity index (χ4v) is 3.33. The van der Waals surface area contributed by atoms with E-state index in [2.05, 4.69) is 28.9 Å². The van der Waals surface area contributed by atoms with Gasteiger partial charge < -0.3 is 19.4 Å². The number of aryl methyl sites for hydroxylation is 2. The Bertz CT molecular complexity index is 1000. The Morgan fingerprint density at radius 2 is 1.81 bits per heavy atom. The highest BCUT2D eigenvalue weighted by molar-refractivity contribution is 6.05. The standard InChI is InChI=1S/C21H20N2O3/c1-13-5-4-6-17(9-13)23-14(2)10-18(15(23)3)21(24)22-16-7-8-19-20(11-16)26-12-25-19/h4-11H,12H2,1-3H3,(H,22,24). The summed E-state index contributed by atoms with van der Waals surface area (Å²) in [5.74, 6) is 1.20. The van der Waals surface area contributed by atoms with Crippen molar-refractivity contribution < 1.29 is 14.3 Å². The van der Waals surface area contributed by atoms with Crippen molar-refractivity contribution >= 4 is 11.6 Å². The average molecular weight is 348 g/mol. The van der Waals surface area contributed by atoms with Gasteiger partial charge in [0.1, 0.15) is 0 Å². The Hall–Kier alpha value is -3.21. The molecule has 0 aliphatic carbocycles. The molecule has 5 nitrogen and oxygen atoms in total. The fourth-order valence-electron chi connectivity index (χ4n) is 3.33. The van der Waals surface area contributed by atoms with Crippen LogP contribution < -0.4 is 14.8 Å². The van der Waals surface area contributed by atoms with Gasteiger partial charge in [-0.25, -0.2) is 0 Å². The van der Waals surface area contributed by atoms with Crippen molar-refractivity contribution in [1.82, 2.24) is 4.57 Å². The number of hydrogen-bond donors (Lipinski definition) is 1. The molecule has 0 fully saturated rings. The maximum absolute atomic E-state index is 12.8. The molecule has 1 N–H and O–H groups in total. The Kier molecular flexibility index (Phi) is 3.92. The predicted molar refractivity (Wildman–Crippen MR) is 100 cm³/mol. The summed E-state index contributed by atoms with van der Waals surface area (Å²) < 4.78 is 12.8. The maximum atomic E-state index is 12.8. The Labute approximate surface area is 152 Å². The maximum Gasteiger partial charge on any atom is 0.257 e. The summed E-state index contributed by atoms with van der Waals surface area (Å²) >= 11 is 0. The van der Waals surface area contributed by atoms with Gasteiger partial charge in [0.2, 0.25) is 6.79 Å². The molecule has 132 valence electrons. The van der Waals surface area contributed by atoms with Crippen LogP contribution in [0, 0.1) is 20.8 Å². The lowest BCUT2D eigenvalue weighted by Crippen LogP contribution is -2.13. The number of rotatable bonds is 3. The van der Waals surface area contributed by atoms with Crippen LogP contribution in [0.2, 0.25) is 0 Å². The van der Waals surface area contributed by atoms with E-state index in [9.17, 15) is 4.79 Å². The molecule has 5 heteroatoms. The van der Waals surface area contributed by atoms with Crippen molar-refractivity contribution in [2.24, 2.45) is 0 Å². The summed E-state index contributed by atoms with van der Waals surface area (Å²) in [4.78, 5) is 12.8. The lowest BCUT2D eigenvalue weighted by atomic mass is 10.2. The van der Waals surface area contributed by atoms with Crippen LogP contribution in [-0.2, 0) is 0 Å². The second-order valence-electron chi connectivity index (χ2n) is 6.48. The first-order valence-corrected chi connectivity index (χ1v) is 8.50. The van der Waals surface area contributed by atoms with Gasteiger partial charge in [0.15, 0.2) is 11.5 Å². The van der Waals surface area contributed by atoms with E-state index in [0.29, 0.717) is 22.7 Å². The van der Waals surface area contributed by atoms with Gasteiger partial charge in [0, 0.05) is 28.8 Å². The van der Waals surface area contributed by atoms with Gasteiger partial charge in [0.25, 0.3) is 5.91 Å². The van der Waals surface area contributed by atoms with Crippen LogP contribution in [0.3, 0.4) is 0 Å². The number of carbonyl (C=O) groups excluding carboxylic acids is 1. The van der Waals surface area contributed by atoms with Crippen LogP contribution in [0.5, 0.6) is 11.5 Å². The van der Waals surface area contributed by atoms with Crippen LogP contribution in [0.4, 0.5) is 5.69 Å². The number of benzene rings is 2. The highest BCUT2D eigenvalue weighted by atomic mass is 16.7. The summed E-state index contributed by atoms with van der Waals surface area (Å²) in [7, 11) is 0. The Morgan fingerprint density at radius 1 is 1.00 bits per heavy atom. The van der Waals surface area contributed by atoms with Crippen LogP contribution in [0.15, 0.2) is 48.5 Å². The zero-order valence-electron chi connectivity index (χ0n) is 15.0. The molecule has 0 atom stereocenters.